The van der Waals surface area contributed by atoms with Crippen LogP contribution < -0.4 is 4.74 Å². The molecule has 5 rings (SSSR count). The maximum absolute atomic E-state index is 12.8. The van der Waals surface area contributed by atoms with E-state index in [0.29, 0.717) is 11.3 Å². The summed E-state index contributed by atoms with van der Waals surface area (Å²) in [7, 11) is 0. The quantitative estimate of drug-likeness (QED) is 0.301. The summed E-state index contributed by atoms with van der Waals surface area (Å²) >= 11 is 0. The molecule has 0 aliphatic carbocycles. The maximum atomic E-state index is 12.8. The normalized spacial score (nSPS) is 10.9. The molecule has 0 aliphatic heterocycles. The van der Waals surface area contributed by atoms with Crippen LogP contribution in [0.4, 0.5) is 0 Å². The Kier molecular flexibility index (Phi) is 4.22. The predicted molar refractivity (Wildman–Crippen MR) is 114 cm³/mol. The molecule has 4 aromatic carbocycles. The highest BCUT2D eigenvalue weighted by molar-refractivity contribution is 6.05. The monoisotopic (exact) mass is 376 g/mol. The van der Waals surface area contributed by atoms with Crippen molar-refractivity contribution in [1.29, 1.82) is 0 Å². The van der Waals surface area contributed by atoms with Crippen LogP contribution in [0.3, 0.4) is 0 Å². The fourth-order valence-electron chi connectivity index (χ4n) is 3.38. The molecule has 5 aromatic rings. The number of hydrogen-bond donors (Lipinski definition) is 0. The van der Waals surface area contributed by atoms with Crippen molar-refractivity contribution in [2.45, 2.75) is 0 Å². The van der Waals surface area contributed by atoms with Gasteiger partial charge in [-0.1, -0.05) is 60.7 Å². The van der Waals surface area contributed by atoms with Gasteiger partial charge in [-0.15, -0.1) is 0 Å². The first kappa shape index (κ1) is 17.1. The minimum atomic E-state index is -0.386. The molecule has 0 saturated carbocycles. The van der Waals surface area contributed by atoms with Crippen LogP contribution in [0.5, 0.6) is 5.75 Å². The number of ether oxygens (including phenoxy) is 1. The summed E-state index contributed by atoms with van der Waals surface area (Å²) in [6, 6.07) is 28.4. The number of rotatable bonds is 3. The summed E-state index contributed by atoms with van der Waals surface area (Å²) in [5.74, 6) is 0.0824. The zero-order valence-corrected chi connectivity index (χ0v) is 15.4. The lowest BCUT2D eigenvalue weighted by molar-refractivity contribution is 0.0737. The molecule has 0 unspecified atom stereocenters. The van der Waals surface area contributed by atoms with Crippen LogP contribution >= 0.6 is 0 Å². The van der Waals surface area contributed by atoms with Crippen LogP contribution in [0.1, 0.15) is 10.4 Å². The predicted octanol–water partition coefficient (Wildman–Crippen LogP) is 5.67. The Morgan fingerprint density at radius 3 is 2.45 bits per heavy atom. The number of carbonyl (C=O) groups is 1. The van der Waals surface area contributed by atoms with Crippen molar-refractivity contribution in [3.63, 3.8) is 0 Å². The van der Waals surface area contributed by atoms with E-state index in [9.17, 15) is 4.79 Å². The number of carbonyl (C=O) groups excluding carboxylic acids is 1. The Morgan fingerprint density at radius 2 is 1.52 bits per heavy atom. The molecule has 0 fully saturated rings. The lowest BCUT2D eigenvalue weighted by Gasteiger charge is -2.09. The zero-order valence-electron chi connectivity index (χ0n) is 15.4. The average molecular weight is 376 g/mol. The number of para-hydroxylation sites is 2. The number of hydrogen-bond acceptors (Lipinski definition) is 4. The molecule has 1 aromatic heterocycles. The summed E-state index contributed by atoms with van der Waals surface area (Å²) in [5, 5.41) is 1.87. The topological polar surface area (TPSA) is 52.1 Å². The van der Waals surface area contributed by atoms with Crippen LogP contribution in [0.2, 0.25) is 0 Å². The third kappa shape index (κ3) is 3.32. The van der Waals surface area contributed by atoms with Crippen LogP contribution in [-0.2, 0) is 0 Å². The van der Waals surface area contributed by atoms with E-state index in [-0.39, 0.29) is 5.97 Å². The molecule has 4 heteroatoms. The van der Waals surface area contributed by atoms with Crippen molar-refractivity contribution in [3.8, 4) is 17.0 Å². The fraction of sp³-hybridized carbons (Fsp3) is 0. The van der Waals surface area contributed by atoms with Gasteiger partial charge in [0.05, 0.1) is 28.5 Å². The number of aromatic nitrogens is 2. The van der Waals surface area contributed by atoms with Gasteiger partial charge < -0.3 is 4.74 Å². The first-order chi connectivity index (χ1) is 14.3. The molecular weight excluding hydrogens is 360 g/mol. The van der Waals surface area contributed by atoms with Gasteiger partial charge in [-0.3, -0.25) is 4.98 Å². The van der Waals surface area contributed by atoms with E-state index in [1.54, 1.807) is 18.3 Å². The van der Waals surface area contributed by atoms with Crippen molar-refractivity contribution >= 4 is 27.8 Å². The standard InChI is InChI=1S/C25H16N2O2/c28-25(21-12-6-8-17-7-1-2-11-20(17)21)29-19-10-5-9-18(15-19)24-16-26-22-13-3-4-14-23(22)27-24/h1-16H. The Morgan fingerprint density at radius 1 is 0.759 bits per heavy atom. The smallest absolute Gasteiger partial charge is 0.344 e. The minimum Gasteiger partial charge on any atom is -0.423 e. The highest BCUT2D eigenvalue weighted by Crippen LogP contribution is 2.25. The molecule has 0 atom stereocenters. The molecule has 0 aliphatic rings. The largest absolute Gasteiger partial charge is 0.423 e. The molecule has 4 nitrogen and oxygen atoms in total. The second-order valence-electron chi connectivity index (χ2n) is 6.69. The lowest BCUT2D eigenvalue weighted by atomic mass is 10.0. The van der Waals surface area contributed by atoms with Crippen molar-refractivity contribution in [3.05, 3.63) is 103 Å². The molecule has 1 heterocycles. The van der Waals surface area contributed by atoms with E-state index in [0.717, 1.165) is 33.1 Å². The van der Waals surface area contributed by atoms with Gasteiger partial charge in [-0.25, -0.2) is 9.78 Å². The second-order valence-corrected chi connectivity index (χ2v) is 6.69. The molecule has 0 saturated heterocycles. The lowest BCUT2D eigenvalue weighted by Crippen LogP contribution is -2.09. The first-order valence-electron chi connectivity index (χ1n) is 9.30. The SMILES string of the molecule is O=C(Oc1cccc(-c2cnc3ccccc3n2)c1)c1cccc2ccccc12. The van der Waals surface area contributed by atoms with Gasteiger partial charge in [0.15, 0.2) is 0 Å². The summed E-state index contributed by atoms with van der Waals surface area (Å²) in [5.41, 5.74) is 3.77. The van der Waals surface area contributed by atoms with Crippen molar-refractivity contribution in [1.82, 2.24) is 9.97 Å². The third-order valence-electron chi connectivity index (χ3n) is 4.80. The van der Waals surface area contributed by atoms with E-state index in [2.05, 4.69) is 9.97 Å². The summed E-state index contributed by atoms with van der Waals surface area (Å²) < 4.78 is 5.67. The molecule has 0 bridgehead atoms. The second kappa shape index (κ2) is 7.17. The molecule has 0 spiro atoms. The summed E-state index contributed by atoms with van der Waals surface area (Å²) in [6.07, 6.45) is 1.73. The number of fused-ring (bicyclic) bond motifs is 2. The molecule has 29 heavy (non-hydrogen) atoms. The van der Waals surface area contributed by atoms with Crippen molar-refractivity contribution in [2.24, 2.45) is 0 Å². The molecule has 0 radical (unpaired) electrons. The van der Waals surface area contributed by atoms with E-state index in [1.165, 1.54) is 0 Å². The van der Waals surface area contributed by atoms with Gasteiger partial charge >= 0.3 is 5.97 Å². The van der Waals surface area contributed by atoms with Gasteiger partial charge in [0.25, 0.3) is 0 Å². The Bertz CT molecular complexity index is 1360. The van der Waals surface area contributed by atoms with Crippen LogP contribution in [-0.4, -0.2) is 15.9 Å². The first-order valence-corrected chi connectivity index (χ1v) is 9.30. The number of benzene rings is 4. The fourth-order valence-corrected chi connectivity index (χ4v) is 3.38. The molecular formula is C25H16N2O2. The average Bonchev–Trinajstić information content (AvgIpc) is 2.78. The van der Waals surface area contributed by atoms with E-state index in [4.69, 9.17) is 4.74 Å². The minimum absolute atomic E-state index is 0.386. The van der Waals surface area contributed by atoms with Gasteiger partial charge in [0.2, 0.25) is 0 Å². The third-order valence-corrected chi connectivity index (χ3v) is 4.80. The van der Waals surface area contributed by atoms with Gasteiger partial charge in [0, 0.05) is 5.56 Å². The summed E-state index contributed by atoms with van der Waals surface area (Å²) in [4.78, 5) is 21.9. The Labute approximate surface area is 167 Å². The maximum Gasteiger partial charge on any atom is 0.344 e. The van der Waals surface area contributed by atoms with Crippen molar-refractivity contribution in [2.75, 3.05) is 0 Å². The number of nitrogens with zero attached hydrogens (tertiary/aromatic N) is 2. The summed E-state index contributed by atoms with van der Waals surface area (Å²) in [6.45, 7) is 0. The van der Waals surface area contributed by atoms with Gasteiger partial charge in [-0.2, -0.15) is 0 Å². The molecule has 138 valence electrons. The van der Waals surface area contributed by atoms with Gasteiger partial charge in [-0.05, 0) is 41.1 Å². The molecule has 0 N–H and O–H groups in total. The van der Waals surface area contributed by atoms with Crippen LogP contribution in [0.15, 0.2) is 97.2 Å². The number of esters is 1. The Balaban J connectivity index is 1.47. The van der Waals surface area contributed by atoms with Crippen molar-refractivity contribution < 1.29 is 9.53 Å². The van der Waals surface area contributed by atoms with Crippen LogP contribution in [0.25, 0.3) is 33.1 Å². The van der Waals surface area contributed by atoms with E-state index >= 15 is 0 Å². The van der Waals surface area contributed by atoms with Crippen LogP contribution in [0, 0.1) is 0 Å². The zero-order chi connectivity index (χ0) is 19.6. The van der Waals surface area contributed by atoms with E-state index < -0.39 is 0 Å². The highest BCUT2D eigenvalue weighted by Gasteiger charge is 2.13. The molecule has 0 amide bonds. The van der Waals surface area contributed by atoms with E-state index in [1.807, 2.05) is 78.9 Å². The highest BCUT2D eigenvalue weighted by atomic mass is 16.5. The Hall–Kier alpha value is -4.05. The van der Waals surface area contributed by atoms with Gasteiger partial charge in [0.1, 0.15) is 5.75 Å².